The van der Waals surface area contributed by atoms with Gasteiger partial charge < -0.3 is 10.2 Å². The van der Waals surface area contributed by atoms with Gasteiger partial charge in [-0.3, -0.25) is 0 Å². The molecule has 1 N–H and O–H groups in total. The van der Waals surface area contributed by atoms with Crippen molar-refractivity contribution < 1.29 is 8.78 Å². The molecule has 0 bridgehead atoms. The third-order valence-corrected chi connectivity index (χ3v) is 3.78. The second kappa shape index (κ2) is 6.33. The minimum atomic E-state index is -0.520. The van der Waals surface area contributed by atoms with Crippen LogP contribution in [0.5, 0.6) is 0 Å². The van der Waals surface area contributed by atoms with Crippen LogP contribution >= 0.6 is 0 Å². The number of anilines is 1. The van der Waals surface area contributed by atoms with E-state index < -0.39 is 11.6 Å². The molecule has 0 saturated carbocycles. The van der Waals surface area contributed by atoms with Crippen molar-refractivity contribution in [3.8, 4) is 0 Å². The number of nitrogens with zero attached hydrogens (tertiary/aromatic N) is 1. The Morgan fingerprint density at radius 3 is 2.79 bits per heavy atom. The molecule has 0 aromatic heterocycles. The van der Waals surface area contributed by atoms with Gasteiger partial charge in [-0.05, 0) is 44.9 Å². The van der Waals surface area contributed by atoms with Gasteiger partial charge >= 0.3 is 0 Å². The number of hydrogen-bond acceptors (Lipinski definition) is 2. The average molecular weight is 268 g/mol. The summed E-state index contributed by atoms with van der Waals surface area (Å²) >= 11 is 0. The molecule has 0 spiro atoms. The first-order chi connectivity index (χ1) is 9.11. The lowest BCUT2D eigenvalue weighted by molar-refractivity contribution is 0.366. The first-order valence-electron chi connectivity index (χ1n) is 7.07. The van der Waals surface area contributed by atoms with Gasteiger partial charge in [0.1, 0.15) is 11.6 Å². The van der Waals surface area contributed by atoms with Gasteiger partial charge in [0.05, 0.1) is 5.69 Å². The van der Waals surface area contributed by atoms with E-state index in [1.165, 1.54) is 6.07 Å². The van der Waals surface area contributed by atoms with E-state index in [4.69, 9.17) is 0 Å². The molecule has 106 valence electrons. The molecular formula is C15H22F2N2. The summed E-state index contributed by atoms with van der Waals surface area (Å²) in [5.74, 6) is -0.986. The number of benzene rings is 1. The Kier molecular flexibility index (Phi) is 4.75. The van der Waals surface area contributed by atoms with Crippen molar-refractivity contribution in [3.63, 3.8) is 0 Å². The zero-order valence-electron chi connectivity index (χ0n) is 11.6. The fourth-order valence-electron chi connectivity index (χ4n) is 2.78. The number of nitrogens with one attached hydrogen (secondary N) is 1. The van der Waals surface area contributed by atoms with Crippen LogP contribution in [0.15, 0.2) is 18.2 Å². The molecule has 1 heterocycles. The number of halogens is 2. The zero-order valence-corrected chi connectivity index (χ0v) is 11.6. The van der Waals surface area contributed by atoms with Gasteiger partial charge in [0.15, 0.2) is 0 Å². The molecule has 2 rings (SSSR count). The molecule has 0 amide bonds. The van der Waals surface area contributed by atoms with Gasteiger partial charge in [0.25, 0.3) is 0 Å². The van der Waals surface area contributed by atoms with Crippen LogP contribution in [0.4, 0.5) is 14.5 Å². The Labute approximate surface area is 113 Å². The molecule has 4 heteroatoms. The Morgan fingerprint density at radius 2 is 2.16 bits per heavy atom. The molecule has 1 fully saturated rings. The quantitative estimate of drug-likeness (QED) is 0.901. The topological polar surface area (TPSA) is 15.3 Å². The Hall–Kier alpha value is -1.16. The predicted octanol–water partition coefficient (Wildman–Crippen LogP) is 3.32. The lowest BCUT2D eigenvalue weighted by Gasteiger charge is -2.39. The van der Waals surface area contributed by atoms with E-state index in [9.17, 15) is 8.78 Å². The van der Waals surface area contributed by atoms with Gasteiger partial charge in [-0.1, -0.05) is 6.92 Å². The van der Waals surface area contributed by atoms with Crippen LogP contribution in [0.25, 0.3) is 0 Å². The highest BCUT2D eigenvalue weighted by molar-refractivity contribution is 5.49. The normalized spacial score (nSPS) is 23.7. The summed E-state index contributed by atoms with van der Waals surface area (Å²) in [6, 6.07) is 4.61. The van der Waals surface area contributed by atoms with E-state index in [-0.39, 0.29) is 6.04 Å². The molecule has 1 saturated heterocycles. The highest BCUT2D eigenvalue weighted by atomic mass is 19.1. The van der Waals surface area contributed by atoms with E-state index in [1.54, 1.807) is 6.07 Å². The molecule has 2 nitrogen and oxygen atoms in total. The molecule has 1 aromatic rings. The molecule has 1 aliphatic rings. The zero-order chi connectivity index (χ0) is 13.8. The SMILES string of the molecule is CCCNC1CCN(c2ccc(F)cc2F)C(C)C1. The Balaban J connectivity index is 2.03. The minimum Gasteiger partial charge on any atom is -0.366 e. The number of rotatable bonds is 4. The highest BCUT2D eigenvalue weighted by Gasteiger charge is 2.26. The monoisotopic (exact) mass is 268 g/mol. The van der Waals surface area contributed by atoms with Crippen molar-refractivity contribution in [1.29, 1.82) is 0 Å². The van der Waals surface area contributed by atoms with Crippen LogP contribution < -0.4 is 10.2 Å². The van der Waals surface area contributed by atoms with Crippen LogP contribution in [0.2, 0.25) is 0 Å². The third-order valence-electron chi connectivity index (χ3n) is 3.78. The summed E-state index contributed by atoms with van der Waals surface area (Å²) in [6.45, 7) is 6.09. The third kappa shape index (κ3) is 3.44. The fourth-order valence-corrected chi connectivity index (χ4v) is 2.78. The summed E-state index contributed by atoms with van der Waals surface area (Å²) in [5.41, 5.74) is 0.517. The fraction of sp³-hybridized carbons (Fsp3) is 0.600. The van der Waals surface area contributed by atoms with Crippen molar-refractivity contribution in [1.82, 2.24) is 5.32 Å². The smallest absolute Gasteiger partial charge is 0.149 e. The van der Waals surface area contributed by atoms with Crippen LogP contribution in [0.3, 0.4) is 0 Å². The van der Waals surface area contributed by atoms with E-state index >= 15 is 0 Å². The lowest BCUT2D eigenvalue weighted by Crippen LogP contribution is -2.48. The van der Waals surface area contributed by atoms with E-state index in [0.717, 1.165) is 38.4 Å². The summed E-state index contributed by atoms with van der Waals surface area (Å²) < 4.78 is 26.8. The molecule has 2 unspecified atom stereocenters. The molecule has 1 aliphatic heterocycles. The maximum Gasteiger partial charge on any atom is 0.149 e. The largest absolute Gasteiger partial charge is 0.366 e. The number of piperidine rings is 1. The van der Waals surface area contributed by atoms with Crippen LogP contribution in [0, 0.1) is 11.6 Å². The van der Waals surface area contributed by atoms with Crippen molar-refractivity contribution in [2.75, 3.05) is 18.0 Å². The van der Waals surface area contributed by atoms with Crippen molar-refractivity contribution in [2.24, 2.45) is 0 Å². The van der Waals surface area contributed by atoms with E-state index in [1.807, 2.05) is 4.90 Å². The van der Waals surface area contributed by atoms with Crippen LogP contribution in [0.1, 0.15) is 33.1 Å². The van der Waals surface area contributed by atoms with Gasteiger partial charge in [-0.25, -0.2) is 8.78 Å². The van der Waals surface area contributed by atoms with Crippen LogP contribution in [-0.2, 0) is 0 Å². The number of hydrogen-bond donors (Lipinski definition) is 1. The first kappa shape index (κ1) is 14.3. The molecule has 19 heavy (non-hydrogen) atoms. The van der Waals surface area contributed by atoms with E-state index in [0.29, 0.717) is 11.7 Å². The molecule has 1 aromatic carbocycles. The molecule has 0 aliphatic carbocycles. The first-order valence-corrected chi connectivity index (χ1v) is 7.07. The molecular weight excluding hydrogens is 246 g/mol. The van der Waals surface area contributed by atoms with Crippen molar-refractivity contribution in [2.45, 2.75) is 45.2 Å². The van der Waals surface area contributed by atoms with Gasteiger partial charge in [0, 0.05) is 24.7 Å². The average Bonchev–Trinajstić information content (AvgIpc) is 2.37. The van der Waals surface area contributed by atoms with Crippen molar-refractivity contribution in [3.05, 3.63) is 29.8 Å². The maximum atomic E-state index is 13.8. The molecule has 2 atom stereocenters. The predicted molar refractivity (Wildman–Crippen MR) is 74.5 cm³/mol. The maximum absolute atomic E-state index is 13.8. The van der Waals surface area contributed by atoms with Gasteiger partial charge in [-0.15, -0.1) is 0 Å². The van der Waals surface area contributed by atoms with Gasteiger partial charge in [-0.2, -0.15) is 0 Å². The van der Waals surface area contributed by atoms with E-state index in [2.05, 4.69) is 19.2 Å². The Bertz CT molecular complexity index is 423. The van der Waals surface area contributed by atoms with Gasteiger partial charge in [0.2, 0.25) is 0 Å². The Morgan fingerprint density at radius 1 is 1.37 bits per heavy atom. The summed E-state index contributed by atoms with van der Waals surface area (Å²) in [5, 5.41) is 3.52. The second-order valence-corrected chi connectivity index (χ2v) is 5.31. The minimum absolute atomic E-state index is 0.267. The standard InChI is InChI=1S/C15H22F2N2/c1-3-7-18-13-6-8-19(11(2)9-13)15-5-4-12(16)10-14(15)17/h4-5,10-11,13,18H,3,6-9H2,1-2H3. The molecule has 0 radical (unpaired) electrons. The summed E-state index contributed by atoms with van der Waals surface area (Å²) in [6.07, 6.45) is 3.12. The van der Waals surface area contributed by atoms with Crippen LogP contribution in [-0.4, -0.2) is 25.2 Å². The van der Waals surface area contributed by atoms with Crippen molar-refractivity contribution >= 4 is 5.69 Å². The lowest BCUT2D eigenvalue weighted by atomic mass is 9.97. The highest BCUT2D eigenvalue weighted by Crippen LogP contribution is 2.27. The summed E-state index contributed by atoms with van der Waals surface area (Å²) in [4.78, 5) is 2.04. The second-order valence-electron chi connectivity index (χ2n) is 5.31. The summed E-state index contributed by atoms with van der Waals surface area (Å²) in [7, 11) is 0.